The van der Waals surface area contributed by atoms with Crippen molar-refractivity contribution in [2.75, 3.05) is 54.1 Å². The summed E-state index contributed by atoms with van der Waals surface area (Å²) in [7, 11) is 4.71. The van der Waals surface area contributed by atoms with Gasteiger partial charge in [0.15, 0.2) is 18.0 Å². The lowest BCUT2D eigenvalue weighted by Gasteiger charge is -2.32. The van der Waals surface area contributed by atoms with Gasteiger partial charge in [-0.15, -0.1) is 0 Å². The summed E-state index contributed by atoms with van der Waals surface area (Å²) >= 11 is 0. The monoisotopic (exact) mass is 428 g/mol. The molecule has 166 valence electrons. The zero-order valence-electron chi connectivity index (χ0n) is 18.3. The van der Waals surface area contributed by atoms with Crippen molar-refractivity contribution < 1.29 is 28.7 Å². The number of methoxy groups -OCH3 is 3. The average molecular weight is 429 g/mol. The number of hydrogen-bond acceptors (Lipinski definition) is 5. The number of carbonyl (C=O) groups excluding carboxylic acids is 2. The molecule has 1 aliphatic rings. The molecular formula is C23H30N3O5+. The van der Waals surface area contributed by atoms with E-state index in [1.807, 2.05) is 35.2 Å². The number of piperazine rings is 1. The van der Waals surface area contributed by atoms with Crippen molar-refractivity contribution in [3.63, 3.8) is 0 Å². The Balaban J connectivity index is 1.49. The van der Waals surface area contributed by atoms with Crippen LogP contribution in [-0.4, -0.2) is 70.8 Å². The fourth-order valence-corrected chi connectivity index (χ4v) is 3.68. The van der Waals surface area contributed by atoms with E-state index in [1.165, 1.54) is 0 Å². The molecule has 1 aliphatic heterocycles. The smallest absolute Gasteiger partial charge is 0.275 e. The second-order valence-electron chi connectivity index (χ2n) is 7.38. The van der Waals surface area contributed by atoms with Gasteiger partial charge in [-0.1, -0.05) is 18.2 Å². The lowest BCUT2D eigenvalue weighted by Crippen LogP contribution is -3.15. The van der Waals surface area contributed by atoms with E-state index in [2.05, 4.69) is 5.32 Å². The topological polar surface area (TPSA) is 81.5 Å². The normalized spacial score (nSPS) is 14.1. The van der Waals surface area contributed by atoms with E-state index in [0.717, 1.165) is 23.6 Å². The Morgan fingerprint density at radius 3 is 2.16 bits per heavy atom. The predicted octanol–water partition coefficient (Wildman–Crippen LogP) is 0.370. The maximum atomic E-state index is 12.6. The summed E-state index contributed by atoms with van der Waals surface area (Å²) < 4.78 is 16.0. The van der Waals surface area contributed by atoms with Gasteiger partial charge in [-0.3, -0.25) is 9.59 Å². The highest BCUT2D eigenvalue weighted by Gasteiger charge is 2.26. The van der Waals surface area contributed by atoms with Gasteiger partial charge in [0.05, 0.1) is 47.5 Å². The van der Waals surface area contributed by atoms with Crippen LogP contribution in [-0.2, 0) is 11.3 Å². The van der Waals surface area contributed by atoms with Crippen LogP contribution in [0.3, 0.4) is 0 Å². The lowest BCUT2D eigenvalue weighted by atomic mass is 10.1. The first-order chi connectivity index (χ1) is 15.0. The second kappa shape index (κ2) is 10.7. The van der Waals surface area contributed by atoms with Gasteiger partial charge in [0.1, 0.15) is 5.75 Å². The van der Waals surface area contributed by atoms with Gasteiger partial charge in [0.25, 0.3) is 11.8 Å². The van der Waals surface area contributed by atoms with E-state index >= 15 is 0 Å². The molecule has 2 N–H and O–H groups in total. The average Bonchev–Trinajstić information content (AvgIpc) is 2.82. The van der Waals surface area contributed by atoms with Crippen LogP contribution >= 0.6 is 0 Å². The molecule has 0 unspecified atom stereocenters. The second-order valence-corrected chi connectivity index (χ2v) is 7.38. The first-order valence-electron chi connectivity index (χ1n) is 10.3. The SMILES string of the molecule is COc1cc(OC)c(OC)cc1CNC(=O)C[NH+]1CCN(C(=O)c2ccccc2)CC1. The molecule has 1 fully saturated rings. The maximum Gasteiger partial charge on any atom is 0.275 e. The molecule has 3 rings (SSSR count). The number of amides is 2. The molecule has 0 aliphatic carbocycles. The minimum absolute atomic E-state index is 0.0460. The fraction of sp³-hybridized carbons (Fsp3) is 0.391. The van der Waals surface area contributed by atoms with Crippen LogP contribution in [0.25, 0.3) is 0 Å². The first kappa shape index (κ1) is 22.4. The Kier molecular flexibility index (Phi) is 7.72. The molecule has 8 nitrogen and oxygen atoms in total. The Morgan fingerprint density at radius 2 is 1.55 bits per heavy atom. The zero-order chi connectivity index (χ0) is 22.2. The number of quaternary nitrogens is 1. The van der Waals surface area contributed by atoms with Crippen molar-refractivity contribution in [2.45, 2.75) is 6.54 Å². The third-order valence-electron chi connectivity index (χ3n) is 5.45. The van der Waals surface area contributed by atoms with Gasteiger partial charge in [0, 0.05) is 23.7 Å². The molecule has 0 bridgehead atoms. The summed E-state index contributed by atoms with van der Waals surface area (Å²) in [6.45, 7) is 3.45. The highest BCUT2D eigenvalue weighted by atomic mass is 16.5. The summed E-state index contributed by atoms with van der Waals surface area (Å²) in [5.41, 5.74) is 1.51. The summed E-state index contributed by atoms with van der Waals surface area (Å²) in [6, 6.07) is 12.8. The van der Waals surface area contributed by atoms with E-state index in [1.54, 1.807) is 33.5 Å². The zero-order valence-corrected chi connectivity index (χ0v) is 18.3. The number of nitrogens with one attached hydrogen (secondary N) is 2. The van der Waals surface area contributed by atoms with Crippen LogP contribution in [0.1, 0.15) is 15.9 Å². The molecule has 0 aromatic heterocycles. The Bertz CT molecular complexity index is 896. The van der Waals surface area contributed by atoms with Crippen molar-refractivity contribution >= 4 is 11.8 Å². The van der Waals surface area contributed by atoms with Crippen LogP contribution in [0.15, 0.2) is 42.5 Å². The fourth-order valence-electron chi connectivity index (χ4n) is 3.68. The van der Waals surface area contributed by atoms with E-state index in [9.17, 15) is 9.59 Å². The molecule has 2 aromatic rings. The van der Waals surface area contributed by atoms with Gasteiger partial charge >= 0.3 is 0 Å². The van der Waals surface area contributed by atoms with Gasteiger partial charge in [-0.05, 0) is 18.2 Å². The molecule has 2 amide bonds. The van der Waals surface area contributed by atoms with Crippen molar-refractivity contribution in [2.24, 2.45) is 0 Å². The molecule has 2 aromatic carbocycles. The Labute approximate surface area is 182 Å². The third-order valence-corrected chi connectivity index (χ3v) is 5.45. The highest BCUT2D eigenvalue weighted by Crippen LogP contribution is 2.34. The Morgan fingerprint density at radius 1 is 0.935 bits per heavy atom. The summed E-state index contributed by atoms with van der Waals surface area (Å²) in [5.74, 6) is 1.77. The maximum absolute atomic E-state index is 12.6. The number of nitrogens with zero attached hydrogens (tertiary/aromatic N) is 1. The van der Waals surface area contributed by atoms with Gasteiger partial charge in [0.2, 0.25) is 0 Å². The summed E-state index contributed by atoms with van der Waals surface area (Å²) in [6.07, 6.45) is 0. The first-order valence-corrected chi connectivity index (χ1v) is 10.3. The molecule has 31 heavy (non-hydrogen) atoms. The molecule has 0 radical (unpaired) electrons. The van der Waals surface area contributed by atoms with Crippen molar-refractivity contribution in [3.05, 3.63) is 53.6 Å². The summed E-state index contributed by atoms with van der Waals surface area (Å²) in [5, 5.41) is 2.95. The van der Waals surface area contributed by atoms with E-state index in [-0.39, 0.29) is 11.8 Å². The van der Waals surface area contributed by atoms with Crippen molar-refractivity contribution in [1.82, 2.24) is 10.2 Å². The molecule has 0 spiro atoms. The van der Waals surface area contributed by atoms with E-state index in [0.29, 0.717) is 49.0 Å². The minimum Gasteiger partial charge on any atom is -0.496 e. The molecule has 1 saturated heterocycles. The quantitative estimate of drug-likeness (QED) is 0.635. The van der Waals surface area contributed by atoms with Gasteiger partial charge in [-0.25, -0.2) is 0 Å². The lowest BCUT2D eigenvalue weighted by molar-refractivity contribution is -0.896. The standard InChI is InChI=1S/C23H29N3O5/c1-29-19-14-21(31-3)20(30-2)13-18(19)15-24-22(27)16-25-9-11-26(12-10-25)23(28)17-7-5-4-6-8-17/h4-8,13-14H,9-12,15-16H2,1-3H3,(H,24,27)/p+1. The third kappa shape index (κ3) is 5.67. The largest absolute Gasteiger partial charge is 0.496 e. The molecule has 1 heterocycles. The van der Waals surface area contributed by atoms with Crippen LogP contribution in [0.5, 0.6) is 17.2 Å². The molecule has 0 atom stereocenters. The summed E-state index contributed by atoms with van der Waals surface area (Å²) in [4.78, 5) is 28.1. The highest BCUT2D eigenvalue weighted by molar-refractivity contribution is 5.94. The van der Waals surface area contributed by atoms with Gasteiger partial charge in [-0.2, -0.15) is 0 Å². The van der Waals surface area contributed by atoms with Gasteiger partial charge < -0.3 is 29.3 Å². The number of benzene rings is 2. The van der Waals surface area contributed by atoms with E-state index in [4.69, 9.17) is 14.2 Å². The predicted molar refractivity (Wildman–Crippen MR) is 116 cm³/mol. The van der Waals surface area contributed by atoms with Crippen LogP contribution in [0.2, 0.25) is 0 Å². The molecule has 0 saturated carbocycles. The van der Waals surface area contributed by atoms with Crippen molar-refractivity contribution in [3.8, 4) is 17.2 Å². The molecule has 8 heteroatoms. The van der Waals surface area contributed by atoms with Crippen LogP contribution in [0.4, 0.5) is 0 Å². The van der Waals surface area contributed by atoms with Crippen molar-refractivity contribution in [1.29, 1.82) is 0 Å². The molecular weight excluding hydrogens is 398 g/mol. The van der Waals surface area contributed by atoms with Crippen LogP contribution < -0.4 is 24.4 Å². The number of rotatable bonds is 8. The van der Waals surface area contributed by atoms with Crippen LogP contribution in [0, 0.1) is 0 Å². The minimum atomic E-state index is -0.0466. The Hall–Kier alpha value is -3.26. The number of ether oxygens (including phenoxy) is 3. The van der Waals surface area contributed by atoms with E-state index < -0.39 is 0 Å². The number of carbonyl (C=O) groups is 2. The number of hydrogen-bond donors (Lipinski definition) is 2.